The van der Waals surface area contributed by atoms with Gasteiger partial charge in [0, 0.05) is 6.54 Å². The molecule has 5 nitrogen and oxygen atoms in total. The Morgan fingerprint density at radius 3 is 2.48 bits per heavy atom. The number of hydrogen-bond acceptors (Lipinski definition) is 4. The predicted octanol–water partition coefficient (Wildman–Crippen LogP) is 2.47. The van der Waals surface area contributed by atoms with Gasteiger partial charge in [0.2, 0.25) is 0 Å². The normalized spacial score (nSPS) is 10.3. The zero-order chi connectivity index (χ0) is 15.4. The fourth-order valence-electron chi connectivity index (χ4n) is 1.98. The number of phenols is 1. The van der Waals surface area contributed by atoms with Gasteiger partial charge in [-0.25, -0.2) is 9.18 Å². The largest absolute Gasteiger partial charge is 0.508 e. The maximum absolute atomic E-state index is 13.3. The number of rotatable bonds is 5. The predicted molar refractivity (Wildman–Crippen MR) is 78.1 cm³/mol. The van der Waals surface area contributed by atoms with Crippen molar-refractivity contribution in [3.63, 3.8) is 0 Å². The highest BCUT2D eigenvalue weighted by Crippen LogP contribution is 2.25. The molecule has 0 atom stereocenters. The van der Waals surface area contributed by atoms with Crippen LogP contribution in [0.3, 0.4) is 0 Å². The maximum atomic E-state index is 13.3. The first-order valence-corrected chi connectivity index (χ1v) is 6.32. The van der Waals surface area contributed by atoms with Crippen molar-refractivity contribution in [3.05, 3.63) is 53.3 Å². The number of aromatic carboxylic acids is 1. The number of nitrogen functional groups attached to an aromatic ring is 1. The van der Waals surface area contributed by atoms with Crippen LogP contribution in [0.1, 0.15) is 15.9 Å². The molecule has 2 aromatic rings. The van der Waals surface area contributed by atoms with Crippen LogP contribution in [0, 0.1) is 5.82 Å². The highest BCUT2D eigenvalue weighted by molar-refractivity contribution is 6.00. The summed E-state index contributed by atoms with van der Waals surface area (Å²) in [7, 11) is 0. The van der Waals surface area contributed by atoms with Crippen molar-refractivity contribution in [1.82, 2.24) is 0 Å². The van der Waals surface area contributed by atoms with Crippen LogP contribution in [-0.4, -0.2) is 22.7 Å². The van der Waals surface area contributed by atoms with Crippen LogP contribution < -0.4 is 11.1 Å². The Morgan fingerprint density at radius 1 is 1.19 bits per heavy atom. The number of carbonyl (C=O) groups is 1. The van der Waals surface area contributed by atoms with E-state index in [1.54, 1.807) is 24.3 Å². The topological polar surface area (TPSA) is 95.6 Å². The van der Waals surface area contributed by atoms with Gasteiger partial charge in [-0.2, -0.15) is 0 Å². The Bertz CT molecular complexity index is 657. The summed E-state index contributed by atoms with van der Waals surface area (Å²) in [6.07, 6.45) is 0.622. The molecule has 0 bridgehead atoms. The lowest BCUT2D eigenvalue weighted by molar-refractivity contribution is 0.0698. The van der Waals surface area contributed by atoms with Gasteiger partial charge in [0.15, 0.2) is 0 Å². The standard InChI is InChI=1S/C15H15FN2O3/c16-11-5-6-12(13(14(11)17)15(20)21)18-8-7-9-1-3-10(19)4-2-9/h1-6,18-19H,7-8,17H2,(H,20,21). The Kier molecular flexibility index (Phi) is 4.27. The third kappa shape index (κ3) is 3.42. The van der Waals surface area contributed by atoms with Crippen LogP contribution >= 0.6 is 0 Å². The molecule has 0 aliphatic heterocycles. The van der Waals surface area contributed by atoms with E-state index in [4.69, 9.17) is 10.8 Å². The lowest BCUT2D eigenvalue weighted by atomic mass is 10.1. The van der Waals surface area contributed by atoms with E-state index in [0.29, 0.717) is 13.0 Å². The second-order valence-electron chi connectivity index (χ2n) is 4.53. The molecule has 0 saturated carbocycles. The first kappa shape index (κ1) is 14.6. The molecule has 0 aliphatic carbocycles. The minimum absolute atomic E-state index is 0.186. The van der Waals surface area contributed by atoms with Gasteiger partial charge < -0.3 is 21.3 Å². The van der Waals surface area contributed by atoms with Crippen molar-refractivity contribution < 1.29 is 19.4 Å². The number of nitrogens with two attached hydrogens (primary N) is 1. The van der Waals surface area contributed by atoms with Crippen LogP contribution in [0.4, 0.5) is 15.8 Å². The molecular weight excluding hydrogens is 275 g/mol. The third-order valence-corrected chi connectivity index (χ3v) is 3.07. The highest BCUT2D eigenvalue weighted by atomic mass is 19.1. The van der Waals surface area contributed by atoms with Crippen molar-refractivity contribution in [3.8, 4) is 5.75 Å². The van der Waals surface area contributed by atoms with Crippen molar-refractivity contribution in [2.75, 3.05) is 17.6 Å². The molecule has 110 valence electrons. The molecular formula is C15H15FN2O3. The van der Waals surface area contributed by atoms with Crippen LogP contribution in [-0.2, 0) is 6.42 Å². The molecule has 0 saturated heterocycles. The molecule has 0 spiro atoms. The minimum Gasteiger partial charge on any atom is -0.508 e. The van der Waals surface area contributed by atoms with E-state index >= 15 is 0 Å². The van der Waals surface area contributed by atoms with E-state index in [1.165, 1.54) is 6.07 Å². The van der Waals surface area contributed by atoms with Gasteiger partial charge in [-0.05, 0) is 36.2 Å². The van der Waals surface area contributed by atoms with Crippen LogP contribution in [0.15, 0.2) is 36.4 Å². The summed E-state index contributed by atoms with van der Waals surface area (Å²) < 4.78 is 13.3. The van der Waals surface area contributed by atoms with Crippen LogP contribution in [0.5, 0.6) is 5.75 Å². The van der Waals surface area contributed by atoms with Crippen molar-refractivity contribution in [1.29, 1.82) is 0 Å². The molecule has 21 heavy (non-hydrogen) atoms. The SMILES string of the molecule is Nc1c(F)ccc(NCCc2ccc(O)cc2)c1C(=O)O. The number of benzene rings is 2. The lowest BCUT2D eigenvalue weighted by Gasteiger charge is -2.12. The average molecular weight is 290 g/mol. The molecule has 0 aliphatic rings. The Labute approximate surface area is 120 Å². The first-order valence-electron chi connectivity index (χ1n) is 6.32. The smallest absolute Gasteiger partial charge is 0.340 e. The fourth-order valence-corrected chi connectivity index (χ4v) is 1.98. The van der Waals surface area contributed by atoms with E-state index in [1.807, 2.05) is 0 Å². The summed E-state index contributed by atoms with van der Waals surface area (Å²) >= 11 is 0. The molecule has 0 amide bonds. The van der Waals surface area contributed by atoms with Gasteiger partial charge >= 0.3 is 5.97 Å². The average Bonchev–Trinajstić information content (AvgIpc) is 2.44. The Morgan fingerprint density at radius 2 is 1.86 bits per heavy atom. The number of nitrogens with one attached hydrogen (secondary N) is 1. The van der Waals surface area contributed by atoms with Gasteiger partial charge in [-0.1, -0.05) is 12.1 Å². The van der Waals surface area contributed by atoms with Gasteiger partial charge in [-0.15, -0.1) is 0 Å². The third-order valence-electron chi connectivity index (χ3n) is 3.07. The summed E-state index contributed by atoms with van der Waals surface area (Å²) in [6, 6.07) is 9.18. The van der Waals surface area contributed by atoms with Crippen molar-refractivity contribution >= 4 is 17.3 Å². The molecule has 6 heteroatoms. The number of aromatic hydroxyl groups is 1. The first-order chi connectivity index (χ1) is 9.99. The van der Waals surface area contributed by atoms with E-state index in [0.717, 1.165) is 11.6 Å². The number of carboxylic acid groups (broad SMARTS) is 1. The summed E-state index contributed by atoms with van der Waals surface area (Å²) in [5, 5.41) is 21.2. The number of hydrogen-bond donors (Lipinski definition) is 4. The zero-order valence-corrected chi connectivity index (χ0v) is 11.1. The summed E-state index contributed by atoms with van der Waals surface area (Å²) in [5.41, 5.74) is 6.08. The van der Waals surface area contributed by atoms with Gasteiger partial charge in [0.25, 0.3) is 0 Å². The zero-order valence-electron chi connectivity index (χ0n) is 11.1. The molecule has 0 radical (unpaired) electrons. The van der Waals surface area contributed by atoms with E-state index < -0.39 is 11.8 Å². The summed E-state index contributed by atoms with van der Waals surface area (Å²) in [4.78, 5) is 11.2. The highest BCUT2D eigenvalue weighted by Gasteiger charge is 2.17. The molecule has 0 fully saturated rings. The monoisotopic (exact) mass is 290 g/mol. The molecule has 0 unspecified atom stereocenters. The van der Waals surface area contributed by atoms with E-state index in [2.05, 4.69) is 5.32 Å². The fraction of sp³-hybridized carbons (Fsp3) is 0.133. The molecule has 2 rings (SSSR count). The summed E-state index contributed by atoms with van der Waals surface area (Å²) in [6.45, 7) is 0.454. The van der Waals surface area contributed by atoms with Crippen molar-refractivity contribution in [2.45, 2.75) is 6.42 Å². The van der Waals surface area contributed by atoms with Crippen LogP contribution in [0.25, 0.3) is 0 Å². The lowest BCUT2D eigenvalue weighted by Crippen LogP contribution is -2.12. The number of carboxylic acids is 1. The van der Waals surface area contributed by atoms with Gasteiger partial charge in [0.1, 0.15) is 17.1 Å². The second-order valence-corrected chi connectivity index (χ2v) is 4.53. The van der Waals surface area contributed by atoms with Crippen LogP contribution in [0.2, 0.25) is 0 Å². The quantitative estimate of drug-likeness (QED) is 0.634. The number of phenolic OH excluding ortho intramolecular Hbond substituents is 1. The Hall–Kier alpha value is -2.76. The minimum atomic E-state index is -1.28. The van der Waals surface area contributed by atoms with E-state index in [9.17, 15) is 14.3 Å². The van der Waals surface area contributed by atoms with E-state index in [-0.39, 0.29) is 22.7 Å². The Balaban J connectivity index is 2.08. The maximum Gasteiger partial charge on any atom is 0.340 e. The summed E-state index contributed by atoms with van der Waals surface area (Å²) in [5.74, 6) is -1.85. The molecule has 0 heterocycles. The molecule has 0 aromatic heterocycles. The van der Waals surface area contributed by atoms with Crippen molar-refractivity contribution in [2.24, 2.45) is 0 Å². The number of halogens is 1. The second kappa shape index (κ2) is 6.13. The molecule has 2 aromatic carbocycles. The van der Waals surface area contributed by atoms with Gasteiger partial charge in [-0.3, -0.25) is 0 Å². The van der Waals surface area contributed by atoms with Gasteiger partial charge in [0.05, 0.1) is 11.4 Å². The number of anilines is 2. The molecule has 5 N–H and O–H groups in total.